The van der Waals surface area contributed by atoms with Crippen LogP contribution in [0.25, 0.3) is 11.4 Å². The minimum absolute atomic E-state index is 0.937. The predicted octanol–water partition coefficient (Wildman–Crippen LogP) is 4.75. The smallest absolute Gasteiger partial charge is 0.155 e. The Hall–Kier alpha value is -3.33. The van der Waals surface area contributed by atoms with Crippen molar-refractivity contribution in [2.75, 3.05) is 14.1 Å². The van der Waals surface area contributed by atoms with Crippen LogP contribution >= 0.6 is 0 Å². The summed E-state index contributed by atoms with van der Waals surface area (Å²) in [5, 5.41) is 4.27. The molecule has 1 aliphatic rings. The van der Waals surface area contributed by atoms with Gasteiger partial charge in [0, 0.05) is 30.8 Å². The normalized spacial score (nSPS) is 14.5. The van der Waals surface area contributed by atoms with Crippen LogP contribution in [0.4, 0.5) is 0 Å². The Morgan fingerprint density at radius 3 is 1.54 bits per heavy atom. The maximum Gasteiger partial charge on any atom is 0.155 e. The molecule has 0 radical (unpaired) electrons. The molecular weight excluding hydrogens is 318 g/mol. The van der Waals surface area contributed by atoms with Crippen molar-refractivity contribution in [3.8, 4) is 0 Å². The summed E-state index contributed by atoms with van der Waals surface area (Å²) in [4.78, 5) is 5.09. The van der Waals surface area contributed by atoms with E-state index in [1.165, 1.54) is 0 Å². The third-order valence-electron chi connectivity index (χ3n) is 4.65. The second kappa shape index (κ2) is 6.89. The molecule has 0 saturated heterocycles. The Morgan fingerprint density at radius 1 is 0.538 bits per heavy atom. The summed E-state index contributed by atoms with van der Waals surface area (Å²) >= 11 is 0. The summed E-state index contributed by atoms with van der Waals surface area (Å²) in [6.45, 7) is 0. The summed E-state index contributed by atoms with van der Waals surface area (Å²) in [6, 6.07) is 31.1. The first-order valence-electron chi connectivity index (χ1n) is 8.72. The Kier molecular flexibility index (Phi) is 4.28. The van der Waals surface area contributed by atoms with E-state index in [4.69, 9.17) is 4.99 Å². The third kappa shape index (κ3) is 2.88. The fourth-order valence-electron chi connectivity index (χ4n) is 3.23. The van der Waals surface area contributed by atoms with Crippen LogP contribution < -0.4 is 0 Å². The lowest BCUT2D eigenvalue weighted by Crippen LogP contribution is -2.43. The highest BCUT2D eigenvalue weighted by atomic mass is 15.6. The fraction of sp³-hybridized carbons (Fsp3) is 0.0870. The zero-order chi connectivity index (χ0) is 17.9. The number of amidine groups is 1. The molecule has 3 heteroatoms. The molecule has 0 atom stereocenters. The van der Waals surface area contributed by atoms with E-state index in [-0.39, 0.29) is 0 Å². The first-order chi connectivity index (χ1) is 12.8. The van der Waals surface area contributed by atoms with E-state index in [1.54, 1.807) is 0 Å². The summed E-state index contributed by atoms with van der Waals surface area (Å²) in [5.74, 6) is 0.937. The Morgan fingerprint density at radius 2 is 1.00 bits per heavy atom. The van der Waals surface area contributed by atoms with Crippen molar-refractivity contribution in [2.24, 2.45) is 4.99 Å². The van der Waals surface area contributed by atoms with E-state index in [1.807, 2.05) is 30.3 Å². The van der Waals surface area contributed by atoms with Crippen LogP contribution in [-0.4, -0.2) is 29.9 Å². The number of hydrogen-bond donors (Lipinski definition) is 0. The second-order valence-corrected chi connectivity index (χ2v) is 6.28. The standard InChI is InChI=1S/C23H21N3/c1-25-22(19-14-8-4-9-15-19)21(18-12-6-3-7-13-18)24-23(26(25)2)20-16-10-5-11-17-20/h3-17H,1-2H3. The Balaban J connectivity index is 1.96. The van der Waals surface area contributed by atoms with Crippen LogP contribution in [0.5, 0.6) is 0 Å². The molecule has 0 fully saturated rings. The van der Waals surface area contributed by atoms with Crippen LogP contribution in [0, 0.1) is 0 Å². The summed E-state index contributed by atoms with van der Waals surface area (Å²) < 4.78 is 0. The third-order valence-corrected chi connectivity index (χ3v) is 4.65. The monoisotopic (exact) mass is 339 g/mol. The Bertz CT molecular complexity index is 945. The molecule has 128 valence electrons. The molecule has 1 heterocycles. The molecule has 26 heavy (non-hydrogen) atoms. The molecule has 3 aromatic carbocycles. The van der Waals surface area contributed by atoms with Gasteiger partial charge in [0.2, 0.25) is 0 Å². The number of rotatable bonds is 3. The van der Waals surface area contributed by atoms with Gasteiger partial charge in [-0.1, -0.05) is 91.0 Å². The van der Waals surface area contributed by atoms with Gasteiger partial charge in [-0.2, -0.15) is 0 Å². The molecule has 0 N–H and O–H groups in total. The van der Waals surface area contributed by atoms with Gasteiger partial charge in [0.1, 0.15) is 0 Å². The molecule has 0 aromatic heterocycles. The van der Waals surface area contributed by atoms with Crippen molar-refractivity contribution < 1.29 is 0 Å². The number of hydrogen-bond acceptors (Lipinski definition) is 3. The SMILES string of the molecule is CN1C(c2ccccc2)=NC(c2ccccc2)=C(c2ccccc2)N1C. The molecule has 3 aromatic rings. The molecule has 0 aliphatic carbocycles. The maximum absolute atomic E-state index is 5.09. The molecule has 0 spiro atoms. The Labute approximate surface area is 154 Å². The molecule has 0 unspecified atom stereocenters. The molecule has 0 bridgehead atoms. The predicted molar refractivity (Wildman–Crippen MR) is 108 cm³/mol. The minimum Gasteiger partial charge on any atom is -0.285 e. The highest BCUT2D eigenvalue weighted by molar-refractivity contribution is 6.06. The van der Waals surface area contributed by atoms with Gasteiger partial charge >= 0.3 is 0 Å². The highest BCUT2D eigenvalue weighted by Gasteiger charge is 2.26. The van der Waals surface area contributed by atoms with Crippen molar-refractivity contribution in [1.29, 1.82) is 0 Å². The number of nitrogens with zero attached hydrogens (tertiary/aromatic N) is 3. The van der Waals surface area contributed by atoms with Gasteiger partial charge < -0.3 is 0 Å². The zero-order valence-corrected chi connectivity index (χ0v) is 15.0. The van der Waals surface area contributed by atoms with Crippen LogP contribution in [0.15, 0.2) is 96.0 Å². The van der Waals surface area contributed by atoms with Crippen LogP contribution in [-0.2, 0) is 0 Å². The molecule has 4 rings (SSSR count). The first-order valence-corrected chi connectivity index (χ1v) is 8.72. The van der Waals surface area contributed by atoms with Crippen LogP contribution in [0.1, 0.15) is 16.7 Å². The second-order valence-electron chi connectivity index (χ2n) is 6.28. The van der Waals surface area contributed by atoms with Crippen molar-refractivity contribution in [3.63, 3.8) is 0 Å². The lowest BCUT2D eigenvalue weighted by Gasteiger charge is -2.39. The molecular formula is C23H21N3. The van der Waals surface area contributed by atoms with E-state index < -0.39 is 0 Å². The lowest BCUT2D eigenvalue weighted by atomic mass is 10.0. The van der Waals surface area contributed by atoms with Crippen molar-refractivity contribution in [1.82, 2.24) is 10.0 Å². The van der Waals surface area contributed by atoms with Gasteiger partial charge in [0.25, 0.3) is 0 Å². The quantitative estimate of drug-likeness (QED) is 0.686. The van der Waals surface area contributed by atoms with Crippen LogP contribution in [0.2, 0.25) is 0 Å². The topological polar surface area (TPSA) is 18.8 Å². The molecule has 1 aliphatic heterocycles. The largest absolute Gasteiger partial charge is 0.285 e. The van der Waals surface area contributed by atoms with Crippen LogP contribution in [0.3, 0.4) is 0 Å². The van der Waals surface area contributed by atoms with Gasteiger partial charge in [-0.3, -0.25) is 10.0 Å². The highest BCUT2D eigenvalue weighted by Crippen LogP contribution is 2.34. The van der Waals surface area contributed by atoms with E-state index >= 15 is 0 Å². The summed E-state index contributed by atoms with van der Waals surface area (Å²) in [6.07, 6.45) is 0. The summed E-state index contributed by atoms with van der Waals surface area (Å²) in [5.41, 5.74) is 5.44. The van der Waals surface area contributed by atoms with Crippen molar-refractivity contribution >= 4 is 17.2 Å². The molecule has 3 nitrogen and oxygen atoms in total. The van der Waals surface area contributed by atoms with E-state index in [2.05, 4.69) is 84.8 Å². The maximum atomic E-state index is 5.09. The number of benzene rings is 3. The fourth-order valence-corrected chi connectivity index (χ4v) is 3.23. The van der Waals surface area contributed by atoms with Gasteiger partial charge in [-0.15, -0.1) is 0 Å². The van der Waals surface area contributed by atoms with Gasteiger partial charge in [-0.05, 0) is 0 Å². The average molecular weight is 339 g/mol. The van der Waals surface area contributed by atoms with Crippen molar-refractivity contribution in [3.05, 3.63) is 108 Å². The minimum atomic E-state index is 0.937. The molecule has 0 saturated carbocycles. The first kappa shape index (κ1) is 16.2. The van der Waals surface area contributed by atoms with E-state index in [0.717, 1.165) is 33.9 Å². The summed E-state index contributed by atoms with van der Waals surface area (Å²) in [7, 11) is 4.14. The van der Waals surface area contributed by atoms with Gasteiger partial charge in [0.15, 0.2) is 5.84 Å². The number of hydrazine groups is 1. The van der Waals surface area contributed by atoms with Gasteiger partial charge in [0.05, 0.1) is 11.4 Å². The zero-order valence-electron chi connectivity index (χ0n) is 15.0. The lowest BCUT2D eigenvalue weighted by molar-refractivity contribution is 0.189. The van der Waals surface area contributed by atoms with Crippen molar-refractivity contribution in [2.45, 2.75) is 0 Å². The van der Waals surface area contributed by atoms with Gasteiger partial charge in [-0.25, -0.2) is 4.99 Å². The average Bonchev–Trinajstić information content (AvgIpc) is 2.72. The van der Waals surface area contributed by atoms with E-state index in [9.17, 15) is 0 Å². The number of aliphatic imine (C=N–C) groups is 1. The van der Waals surface area contributed by atoms with E-state index in [0.29, 0.717) is 0 Å². The molecule has 0 amide bonds.